The van der Waals surface area contributed by atoms with Crippen molar-refractivity contribution >= 4 is 11.9 Å². The van der Waals surface area contributed by atoms with Crippen molar-refractivity contribution in [2.24, 2.45) is 0 Å². The Morgan fingerprint density at radius 3 is 2.24 bits per heavy atom. The summed E-state index contributed by atoms with van der Waals surface area (Å²) >= 11 is 0. The van der Waals surface area contributed by atoms with E-state index in [2.05, 4.69) is 4.74 Å². The number of hydrogen-bond donors (Lipinski definition) is 1. The molecule has 0 aromatic heterocycles. The van der Waals surface area contributed by atoms with Crippen molar-refractivity contribution in [1.29, 1.82) is 0 Å². The van der Waals surface area contributed by atoms with Gasteiger partial charge in [-0.3, -0.25) is 4.79 Å². The van der Waals surface area contributed by atoms with Crippen molar-refractivity contribution in [3.8, 4) is 12.3 Å². The van der Waals surface area contributed by atoms with Gasteiger partial charge in [0.05, 0.1) is 13.0 Å². The third-order valence-electron chi connectivity index (χ3n) is 1.86. The van der Waals surface area contributed by atoms with Gasteiger partial charge in [-0.1, -0.05) is 0 Å². The van der Waals surface area contributed by atoms with Crippen LogP contribution in [0.25, 0.3) is 0 Å². The van der Waals surface area contributed by atoms with E-state index in [1.54, 1.807) is 5.92 Å². The number of esters is 1. The lowest BCUT2D eigenvalue weighted by atomic mass is 9.94. The Morgan fingerprint density at radius 1 is 1.41 bits per heavy atom. The molecule has 0 aliphatic rings. The standard InChI is InChI=1S/C10H12F3NO3/c1-4-6-9(10(11,12)13,14-7(3)15)8(16)17-5-2/h1H,5-6H2,2-3H3,(H,14,15)/t9-/m0/s1. The molecule has 7 heteroatoms. The number of amides is 1. The number of terminal acetylenes is 1. The van der Waals surface area contributed by atoms with Crippen LogP contribution in [0.3, 0.4) is 0 Å². The van der Waals surface area contributed by atoms with E-state index in [0.717, 1.165) is 6.92 Å². The van der Waals surface area contributed by atoms with Gasteiger partial charge in [-0.2, -0.15) is 13.2 Å². The van der Waals surface area contributed by atoms with Crippen molar-refractivity contribution in [2.75, 3.05) is 6.61 Å². The highest BCUT2D eigenvalue weighted by molar-refractivity contribution is 5.88. The Hall–Kier alpha value is -1.71. The lowest BCUT2D eigenvalue weighted by Gasteiger charge is -2.32. The summed E-state index contributed by atoms with van der Waals surface area (Å²) in [5.74, 6) is -0.909. The van der Waals surface area contributed by atoms with Crippen molar-refractivity contribution < 1.29 is 27.5 Å². The molecule has 1 amide bonds. The maximum absolute atomic E-state index is 12.9. The molecule has 17 heavy (non-hydrogen) atoms. The minimum Gasteiger partial charge on any atom is -0.464 e. The summed E-state index contributed by atoms with van der Waals surface area (Å²) in [5.41, 5.74) is -3.18. The van der Waals surface area contributed by atoms with Crippen molar-refractivity contribution in [2.45, 2.75) is 32.0 Å². The normalized spacial score (nSPS) is 14.4. The van der Waals surface area contributed by atoms with Crippen LogP contribution >= 0.6 is 0 Å². The highest BCUT2D eigenvalue weighted by atomic mass is 19.4. The van der Waals surface area contributed by atoms with E-state index in [-0.39, 0.29) is 6.61 Å². The van der Waals surface area contributed by atoms with Crippen molar-refractivity contribution in [3.63, 3.8) is 0 Å². The molecule has 0 fully saturated rings. The number of nitrogens with one attached hydrogen (secondary N) is 1. The van der Waals surface area contributed by atoms with Crippen LogP contribution in [0, 0.1) is 12.3 Å². The molecule has 0 saturated heterocycles. The predicted molar refractivity (Wildman–Crippen MR) is 52.7 cm³/mol. The van der Waals surface area contributed by atoms with E-state index in [1.165, 1.54) is 12.2 Å². The first-order chi connectivity index (χ1) is 7.71. The molecular weight excluding hydrogens is 239 g/mol. The Bertz CT molecular complexity index is 346. The first-order valence-electron chi connectivity index (χ1n) is 4.67. The van der Waals surface area contributed by atoms with E-state index in [0.29, 0.717) is 0 Å². The molecule has 0 unspecified atom stereocenters. The molecule has 1 N–H and O–H groups in total. The Balaban J connectivity index is 5.48. The molecule has 0 aromatic carbocycles. The minimum atomic E-state index is -5.03. The quantitative estimate of drug-likeness (QED) is 0.599. The first kappa shape index (κ1) is 15.3. The van der Waals surface area contributed by atoms with E-state index in [4.69, 9.17) is 6.42 Å². The predicted octanol–water partition coefficient (Wildman–Crippen LogP) is 1.01. The molecule has 96 valence electrons. The maximum atomic E-state index is 12.9. The lowest BCUT2D eigenvalue weighted by Crippen LogP contribution is -2.64. The highest BCUT2D eigenvalue weighted by Gasteiger charge is 2.62. The molecule has 0 aliphatic heterocycles. The molecule has 0 bridgehead atoms. The van der Waals surface area contributed by atoms with Crippen LogP contribution in [0.1, 0.15) is 20.3 Å². The van der Waals surface area contributed by atoms with Gasteiger partial charge >= 0.3 is 12.1 Å². The number of ether oxygens (including phenoxy) is 1. The fourth-order valence-corrected chi connectivity index (χ4v) is 1.16. The summed E-state index contributed by atoms with van der Waals surface area (Å²) in [7, 11) is 0. The van der Waals surface area contributed by atoms with Crippen LogP contribution in [0.5, 0.6) is 0 Å². The largest absolute Gasteiger partial charge is 0.464 e. The number of carbonyl (C=O) groups excluding carboxylic acids is 2. The average Bonchev–Trinajstić information content (AvgIpc) is 2.14. The zero-order valence-corrected chi connectivity index (χ0v) is 9.35. The van der Waals surface area contributed by atoms with Crippen LogP contribution in [-0.4, -0.2) is 30.2 Å². The van der Waals surface area contributed by atoms with E-state index >= 15 is 0 Å². The lowest BCUT2D eigenvalue weighted by molar-refractivity contribution is -0.213. The zero-order chi connectivity index (χ0) is 13.7. The summed E-state index contributed by atoms with van der Waals surface area (Å²) in [6, 6.07) is 0. The second kappa shape index (κ2) is 5.57. The van der Waals surface area contributed by atoms with Crippen LogP contribution < -0.4 is 5.32 Å². The molecule has 0 radical (unpaired) electrons. The fraction of sp³-hybridized carbons (Fsp3) is 0.600. The van der Waals surface area contributed by atoms with Crippen molar-refractivity contribution in [3.05, 3.63) is 0 Å². The molecule has 4 nitrogen and oxygen atoms in total. The second-order valence-corrected chi connectivity index (χ2v) is 3.19. The monoisotopic (exact) mass is 251 g/mol. The highest BCUT2D eigenvalue weighted by Crippen LogP contribution is 2.34. The van der Waals surface area contributed by atoms with Gasteiger partial charge in [0.2, 0.25) is 11.4 Å². The first-order valence-corrected chi connectivity index (χ1v) is 4.67. The van der Waals surface area contributed by atoms with E-state index in [1.807, 2.05) is 0 Å². The number of alkyl halides is 3. The van der Waals surface area contributed by atoms with Crippen LogP contribution in [0.4, 0.5) is 13.2 Å². The minimum absolute atomic E-state index is 0.249. The van der Waals surface area contributed by atoms with Gasteiger partial charge in [0, 0.05) is 6.92 Å². The van der Waals surface area contributed by atoms with Crippen LogP contribution in [0.2, 0.25) is 0 Å². The summed E-state index contributed by atoms with van der Waals surface area (Å²) in [6.07, 6.45) is -1.24. The van der Waals surface area contributed by atoms with E-state index in [9.17, 15) is 22.8 Å². The Morgan fingerprint density at radius 2 is 1.94 bits per heavy atom. The second-order valence-electron chi connectivity index (χ2n) is 3.19. The molecule has 0 saturated carbocycles. The summed E-state index contributed by atoms with van der Waals surface area (Å²) in [6.45, 7) is 1.96. The van der Waals surface area contributed by atoms with Gasteiger partial charge in [0.25, 0.3) is 0 Å². The third kappa shape index (κ3) is 3.37. The van der Waals surface area contributed by atoms with Crippen LogP contribution in [0.15, 0.2) is 0 Å². The Labute approximate surface area is 96.5 Å². The number of rotatable bonds is 4. The SMILES string of the molecule is C#CC[C@](NC(C)=O)(C(=O)OCC)C(F)(F)F. The molecule has 1 atom stereocenters. The number of hydrogen-bond acceptors (Lipinski definition) is 3. The number of halogens is 3. The Kier molecular flexibility index (Phi) is 5.01. The summed E-state index contributed by atoms with van der Waals surface area (Å²) in [4.78, 5) is 22.2. The zero-order valence-electron chi connectivity index (χ0n) is 9.35. The summed E-state index contributed by atoms with van der Waals surface area (Å²) in [5, 5.41) is 1.54. The topological polar surface area (TPSA) is 55.4 Å². The third-order valence-corrected chi connectivity index (χ3v) is 1.86. The molecule has 0 aromatic rings. The average molecular weight is 251 g/mol. The summed E-state index contributed by atoms with van der Waals surface area (Å²) < 4.78 is 43.0. The van der Waals surface area contributed by atoms with Crippen molar-refractivity contribution in [1.82, 2.24) is 5.32 Å². The van der Waals surface area contributed by atoms with Gasteiger partial charge in [0.1, 0.15) is 0 Å². The van der Waals surface area contributed by atoms with Gasteiger partial charge in [-0.25, -0.2) is 4.79 Å². The number of carbonyl (C=O) groups is 2. The van der Waals surface area contributed by atoms with Gasteiger partial charge in [-0.15, -0.1) is 12.3 Å². The fourth-order valence-electron chi connectivity index (χ4n) is 1.16. The van der Waals surface area contributed by atoms with Gasteiger partial charge in [0.15, 0.2) is 0 Å². The molecule has 0 heterocycles. The smallest absolute Gasteiger partial charge is 0.423 e. The molecule has 0 aliphatic carbocycles. The van der Waals surface area contributed by atoms with Crippen LogP contribution in [-0.2, 0) is 14.3 Å². The van der Waals surface area contributed by atoms with Gasteiger partial charge < -0.3 is 10.1 Å². The molecular formula is C10H12F3NO3. The molecule has 0 spiro atoms. The van der Waals surface area contributed by atoms with Gasteiger partial charge in [-0.05, 0) is 6.92 Å². The molecule has 0 rings (SSSR count). The maximum Gasteiger partial charge on any atom is 0.423 e. The van der Waals surface area contributed by atoms with E-state index < -0.39 is 30.0 Å².